The number of hydrogen-bond donors (Lipinski definition) is 1. The van der Waals surface area contributed by atoms with E-state index >= 15 is 0 Å². The molecule has 1 fully saturated rings. The van der Waals surface area contributed by atoms with Gasteiger partial charge in [-0.25, -0.2) is 0 Å². The normalized spacial score (nSPS) is 16.0. The van der Waals surface area contributed by atoms with Gasteiger partial charge in [-0.15, -0.1) is 0 Å². The van der Waals surface area contributed by atoms with Crippen molar-refractivity contribution in [3.8, 4) is 0 Å². The average Bonchev–Trinajstić information content (AvgIpc) is 2.94. The number of halogens is 1. The first-order chi connectivity index (χ1) is 10.6. The van der Waals surface area contributed by atoms with Gasteiger partial charge in [0.05, 0.1) is 5.02 Å². The van der Waals surface area contributed by atoms with Gasteiger partial charge < -0.3 is 9.88 Å². The van der Waals surface area contributed by atoms with Gasteiger partial charge in [-0.3, -0.25) is 9.69 Å². The van der Waals surface area contributed by atoms with Crippen LogP contribution in [0.5, 0.6) is 0 Å². The van der Waals surface area contributed by atoms with Gasteiger partial charge in [0.15, 0.2) is 0 Å². The summed E-state index contributed by atoms with van der Waals surface area (Å²) in [6.07, 6.45) is 1.64. The van der Waals surface area contributed by atoms with Crippen molar-refractivity contribution in [1.82, 2.24) is 14.8 Å². The molecule has 1 aliphatic rings. The second-order valence-electron chi connectivity index (χ2n) is 5.79. The Balaban J connectivity index is 1.55. The number of aromatic nitrogens is 1. The summed E-state index contributed by atoms with van der Waals surface area (Å²) in [4.78, 5) is 19.5. The maximum absolute atomic E-state index is 12.3. The highest BCUT2D eigenvalue weighted by molar-refractivity contribution is 6.30. The Labute approximate surface area is 135 Å². The number of carbonyl (C=O) groups is 1. The number of aromatic amines is 1. The van der Waals surface area contributed by atoms with E-state index in [4.69, 9.17) is 11.6 Å². The summed E-state index contributed by atoms with van der Waals surface area (Å²) in [5.41, 5.74) is 3.18. The third-order valence-corrected chi connectivity index (χ3v) is 4.24. The molecule has 0 spiro atoms. The Morgan fingerprint density at radius 1 is 1.23 bits per heavy atom. The third-order valence-electron chi connectivity index (χ3n) is 4.03. The van der Waals surface area contributed by atoms with Crippen LogP contribution in [0.25, 0.3) is 0 Å². The molecule has 116 valence electrons. The van der Waals surface area contributed by atoms with E-state index in [9.17, 15) is 4.79 Å². The van der Waals surface area contributed by atoms with Crippen LogP contribution in [0.3, 0.4) is 0 Å². The van der Waals surface area contributed by atoms with Crippen molar-refractivity contribution in [2.75, 3.05) is 26.2 Å². The maximum Gasteiger partial charge on any atom is 0.270 e. The SMILES string of the molecule is Cc1cccc(CN2CCN(C(=O)c3cc(Cl)c[nH]3)CC2)c1. The maximum atomic E-state index is 12.3. The van der Waals surface area contributed by atoms with Crippen LogP contribution in [-0.4, -0.2) is 46.9 Å². The molecule has 0 atom stereocenters. The van der Waals surface area contributed by atoms with Crippen molar-refractivity contribution in [2.24, 2.45) is 0 Å². The van der Waals surface area contributed by atoms with Crippen LogP contribution in [0.4, 0.5) is 0 Å². The highest BCUT2D eigenvalue weighted by atomic mass is 35.5. The zero-order valence-electron chi connectivity index (χ0n) is 12.7. The first kappa shape index (κ1) is 15.1. The predicted octanol–water partition coefficient (Wildman–Crippen LogP) is 2.93. The van der Waals surface area contributed by atoms with Gasteiger partial charge in [-0.05, 0) is 18.6 Å². The average molecular weight is 318 g/mol. The van der Waals surface area contributed by atoms with Crippen molar-refractivity contribution in [2.45, 2.75) is 13.5 Å². The number of H-pyrrole nitrogens is 1. The van der Waals surface area contributed by atoms with E-state index in [-0.39, 0.29) is 5.91 Å². The van der Waals surface area contributed by atoms with Crippen molar-refractivity contribution >= 4 is 17.5 Å². The molecule has 4 nitrogen and oxygen atoms in total. The standard InChI is InChI=1S/C17H20ClN3O/c1-13-3-2-4-14(9-13)12-20-5-7-21(8-6-20)17(22)16-10-15(18)11-19-16/h2-4,9-11,19H,5-8,12H2,1H3. The fraction of sp³-hybridized carbons (Fsp3) is 0.353. The smallest absolute Gasteiger partial charge is 0.270 e. The second-order valence-corrected chi connectivity index (χ2v) is 6.23. The lowest BCUT2D eigenvalue weighted by Crippen LogP contribution is -2.48. The van der Waals surface area contributed by atoms with Crippen LogP contribution in [0.2, 0.25) is 5.02 Å². The number of nitrogens with zero attached hydrogens (tertiary/aromatic N) is 2. The minimum Gasteiger partial charge on any atom is -0.356 e. The minimum atomic E-state index is 0.0297. The molecule has 0 bridgehead atoms. The molecular formula is C17H20ClN3O. The van der Waals surface area contributed by atoms with E-state index in [1.54, 1.807) is 12.3 Å². The Kier molecular flexibility index (Phi) is 4.50. The lowest BCUT2D eigenvalue weighted by molar-refractivity contribution is 0.0623. The Morgan fingerprint density at radius 2 is 2.00 bits per heavy atom. The molecule has 1 aliphatic heterocycles. The Morgan fingerprint density at radius 3 is 2.64 bits per heavy atom. The molecule has 1 N–H and O–H groups in total. The topological polar surface area (TPSA) is 39.3 Å². The van der Waals surface area contributed by atoms with Gasteiger partial charge >= 0.3 is 0 Å². The molecule has 1 aromatic carbocycles. The zero-order valence-corrected chi connectivity index (χ0v) is 13.4. The number of carbonyl (C=O) groups excluding carboxylic acids is 1. The molecule has 0 unspecified atom stereocenters. The Bertz CT molecular complexity index is 659. The summed E-state index contributed by atoms with van der Waals surface area (Å²) in [5, 5.41) is 0.571. The highest BCUT2D eigenvalue weighted by Gasteiger charge is 2.22. The van der Waals surface area contributed by atoms with Crippen LogP contribution in [0, 0.1) is 6.92 Å². The fourth-order valence-electron chi connectivity index (χ4n) is 2.84. The number of aryl methyl sites for hydroxylation is 1. The van der Waals surface area contributed by atoms with Gasteiger partial charge in [-0.1, -0.05) is 41.4 Å². The minimum absolute atomic E-state index is 0.0297. The lowest BCUT2D eigenvalue weighted by Gasteiger charge is -2.34. The van der Waals surface area contributed by atoms with Gasteiger partial charge in [0, 0.05) is 38.9 Å². The van der Waals surface area contributed by atoms with E-state index in [0.717, 1.165) is 32.7 Å². The van der Waals surface area contributed by atoms with E-state index in [2.05, 4.69) is 41.1 Å². The van der Waals surface area contributed by atoms with E-state index < -0.39 is 0 Å². The predicted molar refractivity (Wildman–Crippen MR) is 88.2 cm³/mol. The van der Waals surface area contributed by atoms with Crippen LogP contribution in [0.15, 0.2) is 36.5 Å². The largest absolute Gasteiger partial charge is 0.356 e. The fourth-order valence-corrected chi connectivity index (χ4v) is 3.00. The molecule has 1 amide bonds. The summed E-state index contributed by atoms with van der Waals surface area (Å²) in [6, 6.07) is 10.3. The molecular weight excluding hydrogens is 298 g/mol. The first-order valence-corrected chi connectivity index (χ1v) is 7.91. The van der Waals surface area contributed by atoms with E-state index in [0.29, 0.717) is 10.7 Å². The molecule has 1 saturated heterocycles. The number of nitrogens with one attached hydrogen (secondary N) is 1. The molecule has 0 aliphatic carbocycles. The summed E-state index contributed by atoms with van der Waals surface area (Å²) in [7, 11) is 0. The highest BCUT2D eigenvalue weighted by Crippen LogP contribution is 2.14. The van der Waals surface area contributed by atoms with Gasteiger partial charge in [0.2, 0.25) is 0 Å². The van der Waals surface area contributed by atoms with Gasteiger partial charge in [0.1, 0.15) is 5.69 Å². The van der Waals surface area contributed by atoms with Gasteiger partial charge in [-0.2, -0.15) is 0 Å². The Hall–Kier alpha value is -1.78. The van der Waals surface area contributed by atoms with Crippen molar-refractivity contribution in [3.05, 3.63) is 58.4 Å². The summed E-state index contributed by atoms with van der Waals surface area (Å²) < 4.78 is 0. The van der Waals surface area contributed by atoms with E-state index in [1.165, 1.54) is 11.1 Å². The number of hydrogen-bond acceptors (Lipinski definition) is 2. The molecule has 0 saturated carbocycles. The van der Waals surface area contributed by atoms with Crippen molar-refractivity contribution in [3.63, 3.8) is 0 Å². The monoisotopic (exact) mass is 317 g/mol. The van der Waals surface area contributed by atoms with Crippen molar-refractivity contribution < 1.29 is 4.79 Å². The van der Waals surface area contributed by atoms with Gasteiger partial charge in [0.25, 0.3) is 5.91 Å². The van der Waals surface area contributed by atoms with Crippen molar-refractivity contribution in [1.29, 1.82) is 0 Å². The van der Waals surface area contributed by atoms with E-state index in [1.807, 2.05) is 4.90 Å². The molecule has 5 heteroatoms. The number of rotatable bonds is 3. The summed E-state index contributed by atoms with van der Waals surface area (Å²) in [5.74, 6) is 0.0297. The quantitative estimate of drug-likeness (QED) is 0.945. The molecule has 2 aromatic rings. The third kappa shape index (κ3) is 3.51. The second kappa shape index (κ2) is 6.55. The number of amides is 1. The van der Waals surface area contributed by atoms with Crippen LogP contribution >= 0.6 is 11.6 Å². The molecule has 3 rings (SSSR count). The molecule has 0 radical (unpaired) electrons. The summed E-state index contributed by atoms with van der Waals surface area (Å²) in [6.45, 7) is 6.35. The first-order valence-electron chi connectivity index (χ1n) is 7.53. The number of benzene rings is 1. The molecule has 1 aromatic heterocycles. The van der Waals surface area contributed by atoms with Crippen LogP contribution in [0.1, 0.15) is 21.6 Å². The van der Waals surface area contributed by atoms with Crippen LogP contribution in [-0.2, 0) is 6.54 Å². The molecule has 2 heterocycles. The van der Waals surface area contributed by atoms with Crippen LogP contribution < -0.4 is 0 Å². The lowest BCUT2D eigenvalue weighted by atomic mass is 10.1. The molecule has 22 heavy (non-hydrogen) atoms. The zero-order chi connectivity index (χ0) is 15.5. The summed E-state index contributed by atoms with van der Waals surface area (Å²) >= 11 is 5.86. The number of piperazine rings is 1.